The molecule has 8 nitrogen and oxygen atoms in total. The van der Waals surface area contributed by atoms with Crippen molar-refractivity contribution in [2.45, 2.75) is 37.1 Å². The zero-order chi connectivity index (χ0) is 17.0. The normalized spacial score (nSPS) is 30.7. The van der Waals surface area contributed by atoms with Crippen molar-refractivity contribution in [3.05, 3.63) is 29.8 Å². The number of benzene rings is 1. The smallest absolute Gasteiger partial charge is 0.309 e. The van der Waals surface area contributed by atoms with Gasteiger partial charge in [0.15, 0.2) is 0 Å². The summed E-state index contributed by atoms with van der Waals surface area (Å²) in [6.07, 6.45) is -6.55. The van der Waals surface area contributed by atoms with Gasteiger partial charge >= 0.3 is 5.97 Å². The average Bonchev–Trinajstić information content (AvgIpc) is 2.56. The van der Waals surface area contributed by atoms with Crippen molar-refractivity contribution < 1.29 is 39.4 Å². The van der Waals surface area contributed by atoms with E-state index in [-0.39, 0.29) is 12.4 Å². The third-order valence-electron chi connectivity index (χ3n) is 3.60. The van der Waals surface area contributed by atoms with Gasteiger partial charge in [-0.25, -0.2) is 0 Å². The van der Waals surface area contributed by atoms with Crippen LogP contribution in [-0.4, -0.2) is 70.8 Å². The molecule has 2 rings (SSSR count). The Bertz CT molecular complexity index is 515. The Morgan fingerprint density at radius 2 is 1.78 bits per heavy atom. The first kappa shape index (κ1) is 17.6. The Morgan fingerprint density at radius 1 is 1.13 bits per heavy atom. The minimum atomic E-state index is -1.50. The molecule has 1 heterocycles. The molecule has 4 N–H and O–H groups in total. The highest BCUT2D eigenvalue weighted by atomic mass is 16.7. The Labute approximate surface area is 132 Å². The number of hydrogen-bond acceptors (Lipinski definition) is 8. The van der Waals surface area contributed by atoms with Crippen molar-refractivity contribution in [2.75, 3.05) is 13.7 Å². The molecule has 0 aromatic heterocycles. The molecule has 0 amide bonds. The molecular weight excluding hydrogens is 308 g/mol. The Morgan fingerprint density at radius 3 is 2.35 bits per heavy atom. The molecule has 1 aromatic carbocycles. The Kier molecular flexibility index (Phi) is 5.91. The summed E-state index contributed by atoms with van der Waals surface area (Å²) in [5.74, 6) is -0.0319. The summed E-state index contributed by atoms with van der Waals surface area (Å²) in [7, 11) is 1.30. The van der Waals surface area contributed by atoms with E-state index in [1.807, 2.05) is 0 Å². The maximum absolute atomic E-state index is 11.2. The number of carbonyl (C=O) groups excluding carboxylic acids is 1. The van der Waals surface area contributed by atoms with Crippen LogP contribution in [0.2, 0.25) is 0 Å². The van der Waals surface area contributed by atoms with E-state index >= 15 is 0 Å². The van der Waals surface area contributed by atoms with Crippen LogP contribution in [0.15, 0.2) is 24.3 Å². The van der Waals surface area contributed by atoms with Gasteiger partial charge in [-0.1, -0.05) is 12.1 Å². The fourth-order valence-corrected chi connectivity index (χ4v) is 2.22. The third-order valence-corrected chi connectivity index (χ3v) is 3.60. The van der Waals surface area contributed by atoms with Crippen LogP contribution >= 0.6 is 0 Å². The second kappa shape index (κ2) is 7.71. The van der Waals surface area contributed by atoms with Crippen molar-refractivity contribution in [3.63, 3.8) is 0 Å². The van der Waals surface area contributed by atoms with Gasteiger partial charge in [0, 0.05) is 0 Å². The summed E-state index contributed by atoms with van der Waals surface area (Å²) in [5.41, 5.74) is 0.720. The minimum Gasteiger partial charge on any atom is -0.469 e. The van der Waals surface area contributed by atoms with Crippen molar-refractivity contribution in [1.29, 1.82) is 0 Å². The van der Waals surface area contributed by atoms with Gasteiger partial charge in [0.2, 0.25) is 6.29 Å². The van der Waals surface area contributed by atoms with Gasteiger partial charge in [0.25, 0.3) is 0 Å². The molecule has 1 fully saturated rings. The number of aliphatic hydroxyl groups is 4. The molecule has 128 valence electrons. The predicted molar refractivity (Wildman–Crippen MR) is 76.6 cm³/mol. The number of esters is 1. The third kappa shape index (κ3) is 4.18. The molecule has 0 aliphatic carbocycles. The van der Waals surface area contributed by atoms with Gasteiger partial charge < -0.3 is 34.6 Å². The molecular formula is C15H20O8. The van der Waals surface area contributed by atoms with E-state index in [1.165, 1.54) is 7.11 Å². The maximum atomic E-state index is 11.2. The van der Waals surface area contributed by atoms with E-state index in [2.05, 4.69) is 4.74 Å². The molecule has 1 aliphatic rings. The van der Waals surface area contributed by atoms with Crippen LogP contribution in [0.5, 0.6) is 5.75 Å². The Hall–Kier alpha value is -1.71. The number of methoxy groups -OCH3 is 1. The number of aliphatic hydroxyl groups excluding tert-OH is 4. The Balaban J connectivity index is 2.01. The zero-order valence-electron chi connectivity index (χ0n) is 12.5. The molecule has 0 radical (unpaired) electrons. The van der Waals surface area contributed by atoms with E-state index in [0.29, 0.717) is 5.75 Å². The van der Waals surface area contributed by atoms with Crippen molar-refractivity contribution in [1.82, 2.24) is 0 Å². The van der Waals surface area contributed by atoms with Gasteiger partial charge in [-0.15, -0.1) is 0 Å². The van der Waals surface area contributed by atoms with Crippen LogP contribution in [-0.2, 0) is 20.7 Å². The number of rotatable bonds is 5. The number of hydrogen-bond donors (Lipinski definition) is 4. The topological polar surface area (TPSA) is 126 Å². The molecule has 1 saturated heterocycles. The van der Waals surface area contributed by atoms with Gasteiger partial charge in [0.05, 0.1) is 20.1 Å². The highest BCUT2D eigenvalue weighted by Gasteiger charge is 2.44. The van der Waals surface area contributed by atoms with Gasteiger partial charge in [0.1, 0.15) is 30.2 Å². The molecule has 0 saturated carbocycles. The van der Waals surface area contributed by atoms with E-state index in [4.69, 9.17) is 14.6 Å². The van der Waals surface area contributed by atoms with E-state index in [1.54, 1.807) is 24.3 Å². The highest BCUT2D eigenvalue weighted by molar-refractivity contribution is 5.72. The van der Waals surface area contributed by atoms with Crippen LogP contribution in [0.4, 0.5) is 0 Å². The van der Waals surface area contributed by atoms with Crippen LogP contribution in [0, 0.1) is 0 Å². The van der Waals surface area contributed by atoms with E-state index in [0.717, 1.165) is 5.56 Å². The first-order valence-electron chi connectivity index (χ1n) is 7.09. The molecule has 0 spiro atoms. The second-order valence-electron chi connectivity index (χ2n) is 5.21. The van der Waals surface area contributed by atoms with Gasteiger partial charge in [-0.3, -0.25) is 4.79 Å². The number of ether oxygens (including phenoxy) is 3. The zero-order valence-corrected chi connectivity index (χ0v) is 12.5. The lowest BCUT2D eigenvalue weighted by Crippen LogP contribution is -2.60. The lowest BCUT2D eigenvalue weighted by Gasteiger charge is -2.39. The first-order valence-corrected chi connectivity index (χ1v) is 7.09. The monoisotopic (exact) mass is 328 g/mol. The molecule has 5 atom stereocenters. The predicted octanol–water partition coefficient (Wildman–Crippen LogP) is -1.42. The summed E-state index contributed by atoms with van der Waals surface area (Å²) in [5, 5.41) is 38.4. The summed E-state index contributed by atoms with van der Waals surface area (Å²) >= 11 is 0. The first-order chi connectivity index (χ1) is 11.0. The van der Waals surface area contributed by atoms with Crippen LogP contribution < -0.4 is 4.74 Å². The highest BCUT2D eigenvalue weighted by Crippen LogP contribution is 2.24. The maximum Gasteiger partial charge on any atom is 0.309 e. The lowest BCUT2D eigenvalue weighted by atomic mass is 9.99. The van der Waals surface area contributed by atoms with Crippen molar-refractivity contribution in [2.24, 2.45) is 0 Å². The molecule has 1 aliphatic heterocycles. The van der Waals surface area contributed by atoms with E-state index < -0.39 is 37.3 Å². The van der Waals surface area contributed by atoms with Crippen molar-refractivity contribution in [3.8, 4) is 5.75 Å². The summed E-state index contributed by atoms with van der Waals surface area (Å²) in [4.78, 5) is 11.2. The fraction of sp³-hybridized carbons (Fsp3) is 0.533. The summed E-state index contributed by atoms with van der Waals surface area (Å²) in [6.45, 7) is -0.525. The van der Waals surface area contributed by atoms with Crippen molar-refractivity contribution >= 4 is 5.97 Å². The SMILES string of the molecule is COC(=O)Cc1ccc(O[C@@H]2O[C@H](CO)[C@@H](O)[C@H](O)[C@H]2O)cc1. The van der Waals surface area contributed by atoms with Gasteiger partial charge in [-0.2, -0.15) is 0 Å². The quantitative estimate of drug-likeness (QED) is 0.485. The fourth-order valence-electron chi connectivity index (χ4n) is 2.22. The summed E-state index contributed by atoms with van der Waals surface area (Å²) in [6, 6.07) is 6.44. The van der Waals surface area contributed by atoms with Crippen LogP contribution in [0.25, 0.3) is 0 Å². The molecule has 1 aromatic rings. The average molecular weight is 328 g/mol. The van der Waals surface area contributed by atoms with Crippen LogP contribution in [0.1, 0.15) is 5.56 Å². The molecule has 23 heavy (non-hydrogen) atoms. The van der Waals surface area contributed by atoms with Crippen LogP contribution in [0.3, 0.4) is 0 Å². The second-order valence-corrected chi connectivity index (χ2v) is 5.21. The molecule has 0 bridgehead atoms. The summed E-state index contributed by atoms with van der Waals surface area (Å²) < 4.78 is 15.2. The largest absolute Gasteiger partial charge is 0.469 e. The standard InChI is InChI=1S/C15H20O8/c1-21-11(17)6-8-2-4-9(5-3-8)22-15-14(20)13(19)12(18)10(7-16)23-15/h2-5,10,12-16,18-20H,6-7H2,1H3/t10-,12-,13+,14-,15-/m1/s1. The number of carbonyl (C=O) groups is 1. The molecule has 8 heteroatoms. The minimum absolute atomic E-state index is 0.122. The van der Waals surface area contributed by atoms with Gasteiger partial charge in [-0.05, 0) is 17.7 Å². The lowest BCUT2D eigenvalue weighted by molar-refractivity contribution is -0.277. The van der Waals surface area contributed by atoms with E-state index in [9.17, 15) is 20.1 Å². The molecule has 0 unspecified atom stereocenters.